The number of rotatable bonds is 10. The number of hydrogen-bond donors (Lipinski definition) is 3. The van der Waals surface area contributed by atoms with Crippen molar-refractivity contribution in [1.82, 2.24) is 14.9 Å². The molecule has 4 N–H and O–H groups in total. The summed E-state index contributed by atoms with van der Waals surface area (Å²) in [7, 11) is 0. The predicted octanol–water partition coefficient (Wildman–Crippen LogP) is 3.56. The number of aromatic nitrogens is 2. The molecule has 3 rings (SSSR count). The lowest BCUT2D eigenvalue weighted by molar-refractivity contribution is 0.0755. The molecule has 1 heterocycles. The molecule has 0 aliphatic rings. The van der Waals surface area contributed by atoms with Crippen LogP contribution in [-0.4, -0.2) is 46.5 Å². The summed E-state index contributed by atoms with van der Waals surface area (Å²) in [5.41, 5.74) is 6.41. The number of anilines is 1. The zero-order valence-corrected chi connectivity index (χ0v) is 19.9. The van der Waals surface area contributed by atoms with Gasteiger partial charge in [-0.3, -0.25) is 19.0 Å². The molecule has 3 aromatic rings. The van der Waals surface area contributed by atoms with Gasteiger partial charge in [-0.2, -0.15) is 0 Å². The van der Waals surface area contributed by atoms with Crippen molar-refractivity contribution in [2.45, 2.75) is 26.4 Å². The van der Waals surface area contributed by atoms with Crippen molar-refractivity contribution in [3.63, 3.8) is 0 Å². The third-order valence-corrected chi connectivity index (χ3v) is 5.17. The molecule has 0 bridgehead atoms. The average molecular weight is 502 g/mol. The van der Waals surface area contributed by atoms with E-state index < -0.39 is 23.5 Å². The number of amides is 3. The van der Waals surface area contributed by atoms with E-state index in [0.717, 1.165) is 12.1 Å². The fraction of sp³-hybridized carbons (Fsp3) is 0.250. The number of primary amides is 1. The van der Waals surface area contributed by atoms with Gasteiger partial charge in [-0.1, -0.05) is 11.6 Å². The topological polar surface area (TPSA) is 128 Å². The van der Waals surface area contributed by atoms with E-state index in [1.165, 1.54) is 17.0 Å². The van der Waals surface area contributed by atoms with Crippen molar-refractivity contribution >= 4 is 35.0 Å². The van der Waals surface area contributed by atoms with Crippen LogP contribution in [0.5, 0.6) is 0 Å². The van der Waals surface area contributed by atoms with Crippen LogP contribution in [0, 0.1) is 5.82 Å². The number of hydrogen-bond acceptors (Lipinski definition) is 5. The molecule has 184 valence electrons. The van der Waals surface area contributed by atoms with Crippen molar-refractivity contribution in [2.75, 3.05) is 18.5 Å². The maximum atomic E-state index is 13.2. The molecular formula is C24H25ClFN5O4. The van der Waals surface area contributed by atoms with Crippen molar-refractivity contribution in [3.05, 3.63) is 76.6 Å². The van der Waals surface area contributed by atoms with Crippen molar-refractivity contribution in [2.24, 2.45) is 5.73 Å². The van der Waals surface area contributed by atoms with Gasteiger partial charge in [-0.15, -0.1) is 0 Å². The Balaban J connectivity index is 1.71. The van der Waals surface area contributed by atoms with Crippen LogP contribution in [0.15, 0.2) is 48.8 Å². The van der Waals surface area contributed by atoms with Crippen LogP contribution < -0.4 is 16.4 Å². The minimum absolute atomic E-state index is 0.0121. The highest BCUT2D eigenvalue weighted by Crippen LogP contribution is 2.21. The third kappa shape index (κ3) is 6.65. The van der Waals surface area contributed by atoms with E-state index >= 15 is 0 Å². The Morgan fingerprint density at radius 2 is 1.86 bits per heavy atom. The highest BCUT2D eigenvalue weighted by atomic mass is 35.5. The highest BCUT2D eigenvalue weighted by Gasteiger charge is 2.23. The number of nitrogens with one attached hydrogen (secondary N) is 2. The summed E-state index contributed by atoms with van der Waals surface area (Å²) in [4.78, 5) is 41.2. The third-order valence-electron chi connectivity index (χ3n) is 4.85. The first kappa shape index (κ1) is 25.9. The molecule has 11 heteroatoms. The van der Waals surface area contributed by atoms with Gasteiger partial charge in [0.1, 0.15) is 17.8 Å². The summed E-state index contributed by atoms with van der Waals surface area (Å²) >= 11 is 5.94. The number of benzene rings is 2. The molecular weight excluding hydrogens is 477 g/mol. The largest absolute Gasteiger partial charge is 0.379 e. The van der Waals surface area contributed by atoms with E-state index in [-0.39, 0.29) is 28.1 Å². The Bertz CT molecular complexity index is 1230. The van der Waals surface area contributed by atoms with E-state index in [1.807, 2.05) is 13.8 Å². The molecule has 0 radical (unpaired) electrons. The van der Waals surface area contributed by atoms with Gasteiger partial charge in [0.25, 0.3) is 17.7 Å². The molecule has 1 aromatic heterocycles. The van der Waals surface area contributed by atoms with Gasteiger partial charge < -0.3 is 21.1 Å². The molecule has 0 atom stereocenters. The van der Waals surface area contributed by atoms with Crippen molar-refractivity contribution in [1.29, 1.82) is 0 Å². The SMILES string of the molecule is CC(C)OCCCNC(=O)c1ncn(-c2ccc(NC(=O)c3ccc(F)cc3Cl)cc2)c1C(N)=O. The van der Waals surface area contributed by atoms with Crippen LogP contribution in [0.3, 0.4) is 0 Å². The Morgan fingerprint density at radius 3 is 2.49 bits per heavy atom. The molecule has 0 saturated carbocycles. The number of halogens is 2. The van der Waals surface area contributed by atoms with Crippen LogP contribution in [0.2, 0.25) is 5.02 Å². The van der Waals surface area contributed by atoms with Crippen LogP contribution >= 0.6 is 11.6 Å². The van der Waals surface area contributed by atoms with Gasteiger partial charge in [0.05, 0.1) is 16.7 Å². The maximum Gasteiger partial charge on any atom is 0.272 e. The summed E-state index contributed by atoms with van der Waals surface area (Å²) in [5, 5.41) is 5.35. The lowest BCUT2D eigenvalue weighted by Gasteiger charge is -2.10. The van der Waals surface area contributed by atoms with Crippen LogP contribution in [0.25, 0.3) is 5.69 Å². The number of imidazole rings is 1. The number of nitrogens with zero attached hydrogens (tertiary/aromatic N) is 2. The van der Waals surface area contributed by atoms with Crippen LogP contribution in [0.1, 0.15) is 51.6 Å². The summed E-state index contributed by atoms with van der Waals surface area (Å²) < 4.78 is 20.0. The van der Waals surface area contributed by atoms with E-state index in [4.69, 9.17) is 22.1 Å². The normalized spacial score (nSPS) is 10.9. The van der Waals surface area contributed by atoms with E-state index in [9.17, 15) is 18.8 Å². The van der Waals surface area contributed by atoms with Crippen LogP contribution in [-0.2, 0) is 4.74 Å². The standard InChI is InChI=1S/C24H25ClFN5O4/c1-14(2)35-11-3-10-28-24(34)20-21(22(27)32)31(13-29-20)17-7-5-16(6-8-17)30-23(33)18-9-4-15(26)12-19(18)25/h4-9,12-14H,3,10-11H2,1-2H3,(H2,27,32)(H,28,34)(H,30,33). The van der Waals surface area contributed by atoms with Crippen molar-refractivity contribution in [3.8, 4) is 5.69 Å². The zero-order chi connectivity index (χ0) is 25.5. The number of carbonyl (C=O) groups is 3. The smallest absolute Gasteiger partial charge is 0.272 e. The first-order valence-corrected chi connectivity index (χ1v) is 11.2. The quantitative estimate of drug-likeness (QED) is 0.366. The van der Waals surface area contributed by atoms with Gasteiger partial charge in [-0.05, 0) is 62.7 Å². The second kappa shape index (κ2) is 11.6. The lowest BCUT2D eigenvalue weighted by atomic mass is 10.2. The summed E-state index contributed by atoms with van der Waals surface area (Å²) in [6, 6.07) is 9.88. The molecule has 0 saturated heterocycles. The fourth-order valence-electron chi connectivity index (χ4n) is 3.20. The van der Waals surface area contributed by atoms with Gasteiger partial charge in [0.2, 0.25) is 0 Å². The van der Waals surface area contributed by atoms with Crippen LogP contribution in [0.4, 0.5) is 10.1 Å². The Hall–Kier alpha value is -3.76. The number of carbonyl (C=O) groups excluding carboxylic acids is 3. The summed E-state index contributed by atoms with van der Waals surface area (Å²) in [6.07, 6.45) is 2.03. The molecule has 0 fully saturated rings. The van der Waals surface area contributed by atoms with Gasteiger partial charge in [-0.25, -0.2) is 9.37 Å². The van der Waals surface area contributed by atoms with E-state index in [0.29, 0.717) is 30.9 Å². The summed E-state index contributed by atoms with van der Waals surface area (Å²) in [6.45, 7) is 4.69. The Kier molecular flexibility index (Phi) is 8.56. The highest BCUT2D eigenvalue weighted by molar-refractivity contribution is 6.34. The minimum atomic E-state index is -0.820. The number of nitrogens with two attached hydrogens (primary N) is 1. The second-order valence-corrected chi connectivity index (χ2v) is 8.24. The molecule has 2 aromatic carbocycles. The summed E-state index contributed by atoms with van der Waals surface area (Å²) in [5.74, 6) is -2.41. The first-order valence-electron chi connectivity index (χ1n) is 10.8. The van der Waals surface area contributed by atoms with E-state index in [1.54, 1.807) is 24.3 Å². The maximum absolute atomic E-state index is 13.2. The Morgan fingerprint density at radius 1 is 1.14 bits per heavy atom. The molecule has 0 unspecified atom stereocenters. The predicted molar refractivity (Wildman–Crippen MR) is 129 cm³/mol. The number of ether oxygens (including phenoxy) is 1. The monoisotopic (exact) mass is 501 g/mol. The minimum Gasteiger partial charge on any atom is -0.379 e. The van der Waals surface area contributed by atoms with E-state index in [2.05, 4.69) is 15.6 Å². The molecule has 0 aliphatic heterocycles. The average Bonchev–Trinajstić information content (AvgIpc) is 3.24. The molecule has 0 aliphatic carbocycles. The molecule has 35 heavy (non-hydrogen) atoms. The van der Waals surface area contributed by atoms with Gasteiger partial charge >= 0.3 is 0 Å². The zero-order valence-electron chi connectivity index (χ0n) is 19.2. The fourth-order valence-corrected chi connectivity index (χ4v) is 3.45. The lowest BCUT2D eigenvalue weighted by Crippen LogP contribution is -2.29. The van der Waals surface area contributed by atoms with Crippen molar-refractivity contribution < 1.29 is 23.5 Å². The first-order chi connectivity index (χ1) is 16.7. The second-order valence-electron chi connectivity index (χ2n) is 7.83. The van der Waals surface area contributed by atoms with Gasteiger partial charge in [0.15, 0.2) is 5.69 Å². The molecule has 0 spiro atoms. The molecule has 3 amide bonds. The van der Waals surface area contributed by atoms with Gasteiger partial charge in [0, 0.05) is 24.5 Å². The Labute approximate surface area is 206 Å². The molecule has 9 nitrogen and oxygen atoms in total.